The lowest BCUT2D eigenvalue weighted by Gasteiger charge is -2.20. The van der Waals surface area contributed by atoms with Crippen LogP contribution >= 0.6 is 0 Å². The first-order valence-corrected chi connectivity index (χ1v) is 5.20. The highest BCUT2D eigenvalue weighted by Crippen LogP contribution is 1.95. The van der Waals surface area contributed by atoms with E-state index in [1.54, 1.807) is 14.1 Å². The molecule has 14 heavy (non-hydrogen) atoms. The highest BCUT2D eigenvalue weighted by atomic mass is 16.7. The maximum Gasteiger partial charge on any atom is 0.338 e. The summed E-state index contributed by atoms with van der Waals surface area (Å²) in [6.45, 7) is 6.52. The molecule has 0 rings (SSSR count). The van der Waals surface area contributed by atoms with Crippen molar-refractivity contribution >= 4 is 5.97 Å². The van der Waals surface area contributed by atoms with Gasteiger partial charge >= 0.3 is 5.97 Å². The average molecular weight is 202 g/mol. The molecule has 84 valence electrons. The Morgan fingerprint density at radius 3 is 2.00 bits per heavy atom. The van der Waals surface area contributed by atoms with Crippen LogP contribution < -0.4 is 0 Å². The smallest absolute Gasteiger partial charge is 0.338 e. The third-order valence-electron chi connectivity index (χ3n) is 1.72. The summed E-state index contributed by atoms with van der Waals surface area (Å²) in [5.41, 5.74) is 0. The van der Waals surface area contributed by atoms with Crippen LogP contribution in [-0.2, 0) is 9.63 Å². The van der Waals surface area contributed by atoms with E-state index in [2.05, 4.69) is 18.7 Å². The van der Waals surface area contributed by atoms with Crippen LogP contribution in [0.1, 0.15) is 26.7 Å². The molecule has 0 fully saturated rings. The van der Waals surface area contributed by atoms with Crippen molar-refractivity contribution in [3.63, 3.8) is 0 Å². The number of hydroxylamine groups is 2. The molecule has 0 saturated heterocycles. The zero-order valence-corrected chi connectivity index (χ0v) is 9.75. The highest BCUT2D eigenvalue weighted by molar-refractivity contribution is 5.71. The van der Waals surface area contributed by atoms with Gasteiger partial charge in [-0.25, -0.2) is 4.79 Å². The molecule has 4 heteroatoms. The molecule has 0 aromatic heterocycles. The minimum Gasteiger partial charge on any atom is -0.367 e. The molecular formula is C10H22N2O2. The van der Waals surface area contributed by atoms with Gasteiger partial charge in [0.05, 0.1) is 6.54 Å². The molecule has 0 aliphatic rings. The first kappa shape index (κ1) is 13.4. The second kappa shape index (κ2) is 7.76. The lowest BCUT2D eigenvalue weighted by atomic mass is 10.3. The van der Waals surface area contributed by atoms with E-state index in [1.807, 2.05) is 0 Å². The molecule has 0 aromatic rings. The summed E-state index contributed by atoms with van der Waals surface area (Å²) in [6.07, 6.45) is 2.13. The molecule has 0 bridgehead atoms. The van der Waals surface area contributed by atoms with Gasteiger partial charge in [-0.2, -0.15) is 0 Å². The Labute approximate surface area is 86.8 Å². The molecule has 0 aliphatic heterocycles. The van der Waals surface area contributed by atoms with Crippen LogP contribution in [0.3, 0.4) is 0 Å². The quantitative estimate of drug-likeness (QED) is 0.579. The Morgan fingerprint density at radius 2 is 1.64 bits per heavy atom. The molecule has 0 aliphatic carbocycles. The second-order valence-electron chi connectivity index (χ2n) is 3.55. The number of rotatable bonds is 7. The Kier molecular flexibility index (Phi) is 7.42. The summed E-state index contributed by atoms with van der Waals surface area (Å²) >= 11 is 0. The van der Waals surface area contributed by atoms with Gasteiger partial charge < -0.3 is 4.84 Å². The van der Waals surface area contributed by atoms with Crippen LogP contribution in [0, 0.1) is 0 Å². The normalized spacial score (nSPS) is 11.0. The van der Waals surface area contributed by atoms with Gasteiger partial charge in [0, 0.05) is 14.1 Å². The van der Waals surface area contributed by atoms with Gasteiger partial charge in [-0.15, -0.1) is 5.06 Å². The monoisotopic (exact) mass is 202 g/mol. The van der Waals surface area contributed by atoms with Gasteiger partial charge in [-0.3, -0.25) is 4.90 Å². The zero-order chi connectivity index (χ0) is 11.0. The van der Waals surface area contributed by atoms with Crippen LogP contribution in [-0.4, -0.2) is 49.7 Å². The molecule has 0 aromatic carbocycles. The Bertz CT molecular complexity index is 154. The van der Waals surface area contributed by atoms with Gasteiger partial charge in [-0.05, 0) is 25.9 Å². The second-order valence-corrected chi connectivity index (χ2v) is 3.55. The molecular weight excluding hydrogens is 180 g/mol. The number of nitrogens with zero attached hydrogens (tertiary/aromatic N) is 2. The van der Waals surface area contributed by atoms with E-state index in [-0.39, 0.29) is 5.97 Å². The fourth-order valence-corrected chi connectivity index (χ4v) is 1.32. The minimum absolute atomic E-state index is 0.183. The molecule has 4 nitrogen and oxygen atoms in total. The van der Waals surface area contributed by atoms with Crippen molar-refractivity contribution in [2.45, 2.75) is 26.7 Å². The van der Waals surface area contributed by atoms with Gasteiger partial charge in [-0.1, -0.05) is 13.8 Å². The molecule has 0 radical (unpaired) electrons. The van der Waals surface area contributed by atoms with E-state index in [1.165, 1.54) is 5.06 Å². The summed E-state index contributed by atoms with van der Waals surface area (Å²) in [6, 6.07) is 0. The standard InChI is InChI=1S/C10H22N2O2/c1-5-7-12(8-6-2)9-10(13)14-11(3)4/h5-9H2,1-4H3. The SMILES string of the molecule is CCCN(CCC)CC(=O)ON(C)C. The van der Waals surface area contributed by atoms with E-state index in [0.717, 1.165) is 25.9 Å². The number of hydrogen-bond donors (Lipinski definition) is 0. The van der Waals surface area contributed by atoms with Crippen LogP contribution in [0.25, 0.3) is 0 Å². The molecule has 0 atom stereocenters. The maximum absolute atomic E-state index is 11.3. The maximum atomic E-state index is 11.3. The summed E-state index contributed by atoms with van der Waals surface area (Å²) in [5, 5.41) is 1.43. The van der Waals surface area contributed by atoms with Crippen molar-refractivity contribution < 1.29 is 9.63 Å². The molecule has 0 spiro atoms. The fourth-order valence-electron chi connectivity index (χ4n) is 1.32. The third kappa shape index (κ3) is 6.86. The predicted octanol–water partition coefficient (Wildman–Crippen LogP) is 1.13. The first-order valence-electron chi connectivity index (χ1n) is 5.20. The molecule has 0 unspecified atom stereocenters. The lowest BCUT2D eigenvalue weighted by Crippen LogP contribution is -2.34. The van der Waals surface area contributed by atoms with E-state index in [9.17, 15) is 4.79 Å². The van der Waals surface area contributed by atoms with Crippen molar-refractivity contribution in [3.8, 4) is 0 Å². The number of carbonyl (C=O) groups is 1. The van der Waals surface area contributed by atoms with Crippen LogP contribution in [0.2, 0.25) is 0 Å². The average Bonchev–Trinajstić information content (AvgIpc) is 2.03. The van der Waals surface area contributed by atoms with Crippen molar-refractivity contribution in [1.82, 2.24) is 9.96 Å². The fraction of sp³-hybridized carbons (Fsp3) is 0.900. The van der Waals surface area contributed by atoms with Crippen LogP contribution in [0.15, 0.2) is 0 Å². The van der Waals surface area contributed by atoms with Gasteiger partial charge in [0.15, 0.2) is 0 Å². The van der Waals surface area contributed by atoms with Crippen molar-refractivity contribution in [1.29, 1.82) is 0 Å². The third-order valence-corrected chi connectivity index (χ3v) is 1.72. The topological polar surface area (TPSA) is 32.8 Å². The van der Waals surface area contributed by atoms with E-state index >= 15 is 0 Å². The van der Waals surface area contributed by atoms with E-state index < -0.39 is 0 Å². The van der Waals surface area contributed by atoms with Crippen LogP contribution in [0.4, 0.5) is 0 Å². The molecule has 0 heterocycles. The summed E-state index contributed by atoms with van der Waals surface area (Å²) in [4.78, 5) is 18.4. The summed E-state index contributed by atoms with van der Waals surface area (Å²) in [5.74, 6) is -0.183. The summed E-state index contributed by atoms with van der Waals surface area (Å²) in [7, 11) is 3.42. The van der Waals surface area contributed by atoms with Gasteiger partial charge in [0.1, 0.15) is 0 Å². The van der Waals surface area contributed by atoms with Crippen molar-refractivity contribution in [2.24, 2.45) is 0 Å². The molecule has 0 saturated carbocycles. The molecule has 0 N–H and O–H groups in total. The largest absolute Gasteiger partial charge is 0.367 e. The molecule has 0 amide bonds. The predicted molar refractivity (Wildman–Crippen MR) is 56.8 cm³/mol. The van der Waals surface area contributed by atoms with Crippen molar-refractivity contribution in [3.05, 3.63) is 0 Å². The number of hydrogen-bond acceptors (Lipinski definition) is 4. The van der Waals surface area contributed by atoms with E-state index in [0.29, 0.717) is 6.54 Å². The Morgan fingerprint density at radius 1 is 1.14 bits per heavy atom. The van der Waals surface area contributed by atoms with Gasteiger partial charge in [0.25, 0.3) is 0 Å². The van der Waals surface area contributed by atoms with Crippen LogP contribution in [0.5, 0.6) is 0 Å². The number of carbonyl (C=O) groups excluding carboxylic acids is 1. The zero-order valence-electron chi connectivity index (χ0n) is 9.75. The Balaban J connectivity index is 3.82. The highest BCUT2D eigenvalue weighted by Gasteiger charge is 2.10. The Hall–Kier alpha value is -0.610. The lowest BCUT2D eigenvalue weighted by molar-refractivity contribution is -0.179. The first-order chi connectivity index (χ1) is 6.60. The van der Waals surface area contributed by atoms with Gasteiger partial charge in [0.2, 0.25) is 0 Å². The summed E-state index contributed by atoms with van der Waals surface area (Å²) < 4.78 is 0. The minimum atomic E-state index is -0.183. The van der Waals surface area contributed by atoms with Crippen molar-refractivity contribution in [2.75, 3.05) is 33.7 Å². The van der Waals surface area contributed by atoms with E-state index in [4.69, 9.17) is 4.84 Å².